The third-order valence-electron chi connectivity index (χ3n) is 2.44. The normalized spacial score (nSPS) is 16.4. The van der Waals surface area contributed by atoms with E-state index in [2.05, 4.69) is 0 Å². The topological polar surface area (TPSA) is 83.8 Å². The van der Waals surface area contributed by atoms with E-state index in [0.29, 0.717) is 0 Å². The summed E-state index contributed by atoms with van der Waals surface area (Å²) in [5.74, 6) is -2.44. The average Bonchev–Trinajstić information content (AvgIpc) is 1.96. The van der Waals surface area contributed by atoms with E-state index < -0.39 is 35.0 Å². The van der Waals surface area contributed by atoms with Crippen molar-refractivity contribution in [3.63, 3.8) is 0 Å². The number of carboxylic acids is 2. The fourth-order valence-corrected chi connectivity index (χ4v) is 1.63. The van der Waals surface area contributed by atoms with Gasteiger partial charge in [-0.05, 0) is 20.8 Å². The van der Waals surface area contributed by atoms with Crippen LogP contribution in [0.2, 0.25) is 0 Å². The summed E-state index contributed by atoms with van der Waals surface area (Å²) in [5, 5.41) is 18.3. The van der Waals surface area contributed by atoms with E-state index in [1.54, 1.807) is 41.5 Å². The van der Waals surface area contributed by atoms with Crippen LogP contribution < -0.4 is 0 Å². The first-order valence-corrected chi connectivity index (χ1v) is 5.47. The van der Waals surface area contributed by atoms with Crippen LogP contribution in [0.15, 0.2) is 0 Å². The molecule has 0 bridgehead atoms. The maximum atomic E-state index is 11.5. The Morgan fingerprint density at radius 2 is 1.41 bits per heavy atom. The van der Waals surface area contributed by atoms with Crippen molar-refractivity contribution in [2.75, 3.05) is 0 Å². The SMILES string of the molecule is CC(C)(C)OC(CC(=O)O)(C(=O)O)C(C)(C)C. The van der Waals surface area contributed by atoms with E-state index in [4.69, 9.17) is 9.84 Å². The second kappa shape index (κ2) is 4.64. The van der Waals surface area contributed by atoms with Crippen LogP contribution in [0.1, 0.15) is 48.0 Å². The minimum Gasteiger partial charge on any atom is -0.481 e. The van der Waals surface area contributed by atoms with Crippen molar-refractivity contribution >= 4 is 11.9 Å². The van der Waals surface area contributed by atoms with Crippen LogP contribution in [-0.2, 0) is 14.3 Å². The standard InChI is InChI=1S/C12H22O5/c1-10(2,3)12(9(15)16,7-8(13)14)17-11(4,5)6/h7H2,1-6H3,(H,13,14)(H,15,16). The maximum Gasteiger partial charge on any atom is 0.337 e. The van der Waals surface area contributed by atoms with E-state index in [9.17, 15) is 14.7 Å². The summed E-state index contributed by atoms with van der Waals surface area (Å²) in [6.07, 6.45) is -0.566. The molecular formula is C12H22O5. The van der Waals surface area contributed by atoms with Crippen LogP contribution in [0.5, 0.6) is 0 Å². The molecule has 0 heterocycles. The Morgan fingerprint density at radius 3 is 1.59 bits per heavy atom. The van der Waals surface area contributed by atoms with Crippen LogP contribution in [0, 0.1) is 5.41 Å². The molecular weight excluding hydrogens is 224 g/mol. The van der Waals surface area contributed by atoms with Crippen molar-refractivity contribution in [3.8, 4) is 0 Å². The molecule has 0 saturated heterocycles. The molecule has 1 atom stereocenters. The molecule has 0 aliphatic rings. The molecule has 17 heavy (non-hydrogen) atoms. The molecule has 2 N–H and O–H groups in total. The highest BCUT2D eigenvalue weighted by Crippen LogP contribution is 2.40. The van der Waals surface area contributed by atoms with E-state index >= 15 is 0 Å². The zero-order valence-corrected chi connectivity index (χ0v) is 11.3. The molecule has 0 aromatic carbocycles. The lowest BCUT2D eigenvalue weighted by Gasteiger charge is -2.43. The Kier molecular flexibility index (Phi) is 4.34. The predicted octanol–water partition coefficient (Wildman–Crippen LogP) is 2.15. The summed E-state index contributed by atoms with van der Waals surface area (Å²) in [5.41, 5.74) is -3.30. The number of ether oxygens (including phenoxy) is 1. The van der Waals surface area contributed by atoms with Crippen LogP contribution >= 0.6 is 0 Å². The number of hydrogen-bond acceptors (Lipinski definition) is 3. The third kappa shape index (κ3) is 4.00. The van der Waals surface area contributed by atoms with Gasteiger partial charge in [0.2, 0.25) is 0 Å². The Hall–Kier alpha value is -1.10. The lowest BCUT2D eigenvalue weighted by atomic mass is 9.73. The minimum absolute atomic E-state index is 0.566. The maximum absolute atomic E-state index is 11.5. The number of carbonyl (C=O) groups is 2. The first-order chi connectivity index (χ1) is 7.32. The minimum atomic E-state index is -1.74. The quantitative estimate of drug-likeness (QED) is 0.794. The summed E-state index contributed by atoms with van der Waals surface area (Å²) in [6.45, 7) is 10.1. The van der Waals surface area contributed by atoms with E-state index in [0.717, 1.165) is 0 Å². The van der Waals surface area contributed by atoms with Crippen molar-refractivity contribution < 1.29 is 24.5 Å². The van der Waals surface area contributed by atoms with Gasteiger partial charge < -0.3 is 14.9 Å². The number of hydrogen-bond donors (Lipinski definition) is 2. The van der Waals surface area contributed by atoms with Crippen LogP contribution in [0.4, 0.5) is 0 Å². The van der Waals surface area contributed by atoms with Gasteiger partial charge in [0.15, 0.2) is 5.60 Å². The average molecular weight is 246 g/mol. The first kappa shape index (κ1) is 15.9. The zero-order valence-electron chi connectivity index (χ0n) is 11.3. The molecule has 5 nitrogen and oxygen atoms in total. The van der Waals surface area contributed by atoms with Gasteiger partial charge in [-0.3, -0.25) is 4.79 Å². The Morgan fingerprint density at radius 1 is 1.00 bits per heavy atom. The smallest absolute Gasteiger partial charge is 0.337 e. The molecule has 100 valence electrons. The molecule has 0 saturated carbocycles. The number of aliphatic carboxylic acids is 2. The van der Waals surface area contributed by atoms with E-state index in [1.165, 1.54) is 0 Å². The van der Waals surface area contributed by atoms with Crippen molar-refractivity contribution in [1.82, 2.24) is 0 Å². The van der Waals surface area contributed by atoms with Gasteiger partial charge in [-0.25, -0.2) is 4.79 Å². The monoisotopic (exact) mass is 246 g/mol. The highest BCUT2D eigenvalue weighted by molar-refractivity contribution is 5.85. The first-order valence-electron chi connectivity index (χ1n) is 5.47. The fourth-order valence-electron chi connectivity index (χ4n) is 1.63. The van der Waals surface area contributed by atoms with Gasteiger partial charge in [-0.1, -0.05) is 20.8 Å². The van der Waals surface area contributed by atoms with Crippen molar-refractivity contribution in [3.05, 3.63) is 0 Å². The van der Waals surface area contributed by atoms with Gasteiger partial charge in [-0.2, -0.15) is 0 Å². The van der Waals surface area contributed by atoms with Gasteiger partial charge in [0.05, 0.1) is 12.0 Å². The lowest BCUT2D eigenvalue weighted by Crippen LogP contribution is -2.56. The van der Waals surface area contributed by atoms with E-state index in [-0.39, 0.29) is 0 Å². The van der Waals surface area contributed by atoms with Crippen molar-refractivity contribution in [2.24, 2.45) is 5.41 Å². The van der Waals surface area contributed by atoms with Gasteiger partial charge in [0.1, 0.15) is 0 Å². The Balaban J connectivity index is 5.58. The van der Waals surface area contributed by atoms with Crippen LogP contribution in [0.25, 0.3) is 0 Å². The van der Waals surface area contributed by atoms with Gasteiger partial charge in [-0.15, -0.1) is 0 Å². The molecule has 0 aliphatic carbocycles. The summed E-state index contributed by atoms with van der Waals surface area (Å²) in [6, 6.07) is 0. The molecule has 5 heteroatoms. The molecule has 0 amide bonds. The molecule has 0 fully saturated rings. The largest absolute Gasteiger partial charge is 0.481 e. The summed E-state index contributed by atoms with van der Waals surface area (Å²) in [7, 11) is 0. The van der Waals surface area contributed by atoms with Gasteiger partial charge in [0.25, 0.3) is 0 Å². The second-order valence-electron chi connectivity index (χ2n) is 6.17. The van der Waals surface area contributed by atoms with Gasteiger partial charge >= 0.3 is 11.9 Å². The fraction of sp³-hybridized carbons (Fsp3) is 0.833. The molecule has 0 aromatic heterocycles. The van der Waals surface area contributed by atoms with Crippen LogP contribution in [0.3, 0.4) is 0 Å². The number of carboxylic acid groups (broad SMARTS) is 2. The number of rotatable bonds is 4. The zero-order chi connectivity index (χ0) is 14.1. The highest BCUT2D eigenvalue weighted by atomic mass is 16.5. The Labute approximate surface area is 102 Å². The van der Waals surface area contributed by atoms with Crippen molar-refractivity contribution in [1.29, 1.82) is 0 Å². The third-order valence-corrected chi connectivity index (χ3v) is 2.44. The molecule has 0 aromatic rings. The summed E-state index contributed by atoms with van der Waals surface area (Å²) < 4.78 is 5.58. The molecule has 0 radical (unpaired) electrons. The summed E-state index contributed by atoms with van der Waals surface area (Å²) in [4.78, 5) is 22.4. The van der Waals surface area contributed by atoms with Gasteiger partial charge in [0, 0.05) is 5.41 Å². The van der Waals surface area contributed by atoms with E-state index in [1.807, 2.05) is 0 Å². The molecule has 0 aliphatic heterocycles. The highest BCUT2D eigenvalue weighted by Gasteiger charge is 2.53. The second-order valence-corrected chi connectivity index (χ2v) is 6.17. The molecule has 0 spiro atoms. The lowest BCUT2D eigenvalue weighted by molar-refractivity contribution is -0.214. The van der Waals surface area contributed by atoms with Crippen molar-refractivity contribution in [2.45, 2.75) is 59.2 Å². The molecule has 1 unspecified atom stereocenters. The summed E-state index contributed by atoms with van der Waals surface area (Å²) >= 11 is 0. The predicted molar refractivity (Wildman–Crippen MR) is 62.9 cm³/mol. The Bertz CT molecular complexity index is 308. The van der Waals surface area contributed by atoms with Crippen LogP contribution in [-0.4, -0.2) is 33.4 Å². The molecule has 0 rings (SSSR count).